The monoisotopic (exact) mass is 349 g/mol. The van der Waals surface area contributed by atoms with E-state index in [4.69, 9.17) is 0 Å². The van der Waals surface area contributed by atoms with Crippen LogP contribution < -0.4 is 15.5 Å². The van der Waals surface area contributed by atoms with Gasteiger partial charge in [-0.25, -0.2) is 4.79 Å². The van der Waals surface area contributed by atoms with Crippen molar-refractivity contribution in [3.05, 3.63) is 65.7 Å². The molecule has 1 fully saturated rings. The normalized spacial score (nSPS) is 21.9. The van der Waals surface area contributed by atoms with Crippen LogP contribution in [0.3, 0.4) is 0 Å². The van der Waals surface area contributed by atoms with Gasteiger partial charge in [-0.3, -0.25) is 0 Å². The number of urea groups is 1. The fourth-order valence-corrected chi connectivity index (χ4v) is 4.22. The van der Waals surface area contributed by atoms with E-state index in [0.717, 1.165) is 45.3 Å². The maximum atomic E-state index is 12.4. The van der Waals surface area contributed by atoms with Crippen molar-refractivity contribution in [3.63, 3.8) is 0 Å². The number of anilines is 1. The largest absolute Gasteiger partial charge is 0.371 e. The third-order valence-electron chi connectivity index (χ3n) is 5.63. The van der Waals surface area contributed by atoms with Gasteiger partial charge in [-0.1, -0.05) is 42.5 Å². The number of hydrogen-bond donors (Lipinski definition) is 2. The van der Waals surface area contributed by atoms with E-state index >= 15 is 0 Å². The lowest BCUT2D eigenvalue weighted by Crippen LogP contribution is -2.41. The Morgan fingerprint density at radius 1 is 1.04 bits per heavy atom. The number of nitrogens with zero attached hydrogens (tertiary/aromatic N) is 1. The summed E-state index contributed by atoms with van der Waals surface area (Å²) in [7, 11) is 0. The molecule has 2 aliphatic rings. The van der Waals surface area contributed by atoms with Gasteiger partial charge in [-0.2, -0.15) is 0 Å². The summed E-state index contributed by atoms with van der Waals surface area (Å²) in [6, 6.07) is 19.1. The molecule has 26 heavy (non-hydrogen) atoms. The molecule has 0 saturated carbocycles. The zero-order valence-corrected chi connectivity index (χ0v) is 15.2. The summed E-state index contributed by atoms with van der Waals surface area (Å²) in [4.78, 5) is 14.8. The molecule has 2 aromatic carbocycles. The van der Waals surface area contributed by atoms with Gasteiger partial charge >= 0.3 is 6.03 Å². The smallest absolute Gasteiger partial charge is 0.315 e. The van der Waals surface area contributed by atoms with Gasteiger partial charge in [-0.15, -0.1) is 0 Å². The number of rotatable bonds is 4. The highest BCUT2D eigenvalue weighted by atomic mass is 16.2. The molecule has 1 saturated heterocycles. The van der Waals surface area contributed by atoms with E-state index in [1.165, 1.54) is 16.8 Å². The van der Waals surface area contributed by atoms with Crippen LogP contribution in [-0.4, -0.2) is 25.7 Å². The molecule has 0 spiro atoms. The Labute approximate surface area is 155 Å². The number of nitrogens with one attached hydrogen (secondary N) is 2. The van der Waals surface area contributed by atoms with E-state index in [2.05, 4.69) is 64.1 Å². The third kappa shape index (κ3) is 3.85. The van der Waals surface area contributed by atoms with Crippen molar-refractivity contribution in [2.75, 3.05) is 24.5 Å². The Balaban J connectivity index is 1.26. The molecule has 4 nitrogen and oxygen atoms in total. The van der Waals surface area contributed by atoms with Gasteiger partial charge in [-0.05, 0) is 54.9 Å². The van der Waals surface area contributed by atoms with Crippen molar-refractivity contribution >= 4 is 11.7 Å². The van der Waals surface area contributed by atoms with Crippen molar-refractivity contribution < 1.29 is 4.79 Å². The van der Waals surface area contributed by atoms with Crippen molar-refractivity contribution in [3.8, 4) is 0 Å². The fraction of sp³-hybridized carbons (Fsp3) is 0.409. The maximum absolute atomic E-state index is 12.4. The van der Waals surface area contributed by atoms with Gasteiger partial charge in [0.1, 0.15) is 0 Å². The molecule has 2 aromatic rings. The predicted octanol–water partition coefficient (Wildman–Crippen LogP) is 3.89. The number of fused-ring (bicyclic) bond motifs is 1. The van der Waals surface area contributed by atoms with Crippen molar-refractivity contribution in [1.29, 1.82) is 0 Å². The van der Waals surface area contributed by atoms with Gasteiger partial charge in [0.25, 0.3) is 0 Å². The highest BCUT2D eigenvalue weighted by Crippen LogP contribution is 2.29. The van der Waals surface area contributed by atoms with Crippen LogP contribution in [0.5, 0.6) is 0 Å². The van der Waals surface area contributed by atoms with Crippen LogP contribution in [-0.2, 0) is 6.42 Å². The maximum Gasteiger partial charge on any atom is 0.315 e. The zero-order chi connectivity index (χ0) is 17.8. The molecule has 2 N–H and O–H groups in total. The molecule has 1 aliphatic heterocycles. The van der Waals surface area contributed by atoms with E-state index in [1.54, 1.807) is 0 Å². The Morgan fingerprint density at radius 3 is 2.73 bits per heavy atom. The van der Waals surface area contributed by atoms with Crippen LogP contribution in [0.15, 0.2) is 54.6 Å². The van der Waals surface area contributed by atoms with Crippen molar-refractivity contribution in [2.24, 2.45) is 5.92 Å². The van der Waals surface area contributed by atoms with Crippen LogP contribution >= 0.6 is 0 Å². The number of benzene rings is 2. The molecule has 4 rings (SSSR count). The minimum atomic E-state index is -0.0372. The van der Waals surface area contributed by atoms with Crippen molar-refractivity contribution in [1.82, 2.24) is 10.6 Å². The summed E-state index contributed by atoms with van der Waals surface area (Å²) in [5.74, 6) is 0.514. The standard InChI is InChI=1S/C22H27N3O/c26-22(24-21-12-6-8-18-7-4-5-11-20(18)21)23-15-17-13-14-25(16-17)19-9-2-1-3-10-19/h1-5,7,9-11,17,21H,6,8,12-16H2,(H2,23,24,26)/t17-,21+/m1/s1. The molecule has 0 bridgehead atoms. The Morgan fingerprint density at radius 2 is 1.85 bits per heavy atom. The van der Waals surface area contributed by atoms with E-state index in [-0.39, 0.29) is 12.1 Å². The lowest BCUT2D eigenvalue weighted by Gasteiger charge is -2.26. The topological polar surface area (TPSA) is 44.4 Å². The summed E-state index contributed by atoms with van der Waals surface area (Å²) < 4.78 is 0. The minimum absolute atomic E-state index is 0.0372. The molecule has 0 unspecified atom stereocenters. The number of para-hydroxylation sites is 1. The summed E-state index contributed by atoms with van der Waals surface area (Å²) in [5.41, 5.74) is 3.93. The minimum Gasteiger partial charge on any atom is -0.371 e. The number of carbonyl (C=O) groups is 1. The zero-order valence-electron chi connectivity index (χ0n) is 15.2. The van der Waals surface area contributed by atoms with E-state index < -0.39 is 0 Å². The first-order valence-electron chi connectivity index (χ1n) is 9.72. The Hall–Kier alpha value is -2.49. The number of carbonyl (C=O) groups excluding carboxylic acids is 1. The molecule has 0 aromatic heterocycles. The highest BCUT2D eigenvalue weighted by molar-refractivity contribution is 5.74. The first-order valence-corrected chi connectivity index (χ1v) is 9.72. The molecule has 1 aliphatic carbocycles. The van der Waals surface area contributed by atoms with Crippen LogP contribution in [0.1, 0.15) is 36.4 Å². The lowest BCUT2D eigenvalue weighted by molar-refractivity contribution is 0.234. The average Bonchev–Trinajstić information content (AvgIpc) is 3.17. The Kier molecular flexibility index (Phi) is 5.09. The van der Waals surface area contributed by atoms with Gasteiger partial charge < -0.3 is 15.5 Å². The highest BCUT2D eigenvalue weighted by Gasteiger charge is 2.24. The van der Waals surface area contributed by atoms with Crippen LogP contribution in [0.25, 0.3) is 0 Å². The number of amides is 2. The summed E-state index contributed by atoms with van der Waals surface area (Å²) >= 11 is 0. The summed E-state index contributed by atoms with van der Waals surface area (Å²) in [5, 5.41) is 6.28. The van der Waals surface area contributed by atoms with Gasteiger partial charge in [0.2, 0.25) is 0 Å². The molecule has 136 valence electrons. The predicted molar refractivity (Wildman–Crippen MR) is 105 cm³/mol. The summed E-state index contributed by atoms with van der Waals surface area (Å²) in [6.45, 7) is 2.81. The first kappa shape index (κ1) is 17.0. The van der Waals surface area contributed by atoms with Gasteiger partial charge in [0, 0.05) is 25.3 Å². The number of hydrogen-bond acceptors (Lipinski definition) is 2. The quantitative estimate of drug-likeness (QED) is 0.879. The Bertz CT molecular complexity index is 746. The molecular formula is C22H27N3O. The molecule has 0 radical (unpaired) electrons. The second-order valence-electron chi connectivity index (χ2n) is 7.43. The summed E-state index contributed by atoms with van der Waals surface area (Å²) in [6.07, 6.45) is 4.40. The van der Waals surface area contributed by atoms with Gasteiger partial charge in [0.15, 0.2) is 0 Å². The second-order valence-corrected chi connectivity index (χ2v) is 7.43. The second kappa shape index (κ2) is 7.81. The third-order valence-corrected chi connectivity index (χ3v) is 5.63. The van der Waals surface area contributed by atoms with Crippen LogP contribution in [0, 0.1) is 5.92 Å². The molecule has 2 amide bonds. The SMILES string of the molecule is O=C(NC[C@H]1CCN(c2ccccc2)C1)N[C@H]1CCCc2ccccc21. The lowest BCUT2D eigenvalue weighted by atomic mass is 9.88. The molecule has 1 heterocycles. The molecule has 2 atom stereocenters. The average molecular weight is 349 g/mol. The molecule has 4 heteroatoms. The van der Waals surface area contributed by atoms with E-state index in [0.29, 0.717) is 5.92 Å². The van der Waals surface area contributed by atoms with Crippen LogP contribution in [0.4, 0.5) is 10.5 Å². The number of aryl methyl sites for hydroxylation is 1. The van der Waals surface area contributed by atoms with Crippen molar-refractivity contribution in [2.45, 2.75) is 31.7 Å². The molecular weight excluding hydrogens is 322 g/mol. The van der Waals surface area contributed by atoms with E-state index in [9.17, 15) is 4.79 Å². The first-order chi connectivity index (χ1) is 12.8. The van der Waals surface area contributed by atoms with Gasteiger partial charge in [0.05, 0.1) is 6.04 Å². The van der Waals surface area contributed by atoms with E-state index in [1.807, 2.05) is 6.07 Å². The van der Waals surface area contributed by atoms with Crippen LogP contribution in [0.2, 0.25) is 0 Å². The fourth-order valence-electron chi connectivity index (χ4n) is 4.22.